The summed E-state index contributed by atoms with van der Waals surface area (Å²) in [7, 11) is 0. The molecule has 0 N–H and O–H groups in total. The van der Waals surface area contributed by atoms with Gasteiger partial charge in [0.2, 0.25) is 11.8 Å². The van der Waals surface area contributed by atoms with Gasteiger partial charge in [-0.05, 0) is 32.8 Å². The summed E-state index contributed by atoms with van der Waals surface area (Å²) < 4.78 is 0. The number of carbonyl (C=O) groups is 2. The molecule has 0 aromatic heterocycles. The molecule has 1 aliphatic rings. The third-order valence-electron chi connectivity index (χ3n) is 4.99. The number of carbonyl (C=O) groups excluding carboxylic acids is 2. The number of aryl methyl sites for hydroxylation is 1. The molecule has 27 heavy (non-hydrogen) atoms. The van der Waals surface area contributed by atoms with Crippen LogP contribution in [0.25, 0.3) is 0 Å². The largest absolute Gasteiger partial charge is 0.342 e. The maximum atomic E-state index is 12.5. The minimum absolute atomic E-state index is 0.188. The molecule has 2 rings (SSSR count). The van der Waals surface area contributed by atoms with Crippen LogP contribution in [0.2, 0.25) is 0 Å². The molecule has 0 spiro atoms. The van der Waals surface area contributed by atoms with Crippen LogP contribution in [0.15, 0.2) is 24.3 Å². The van der Waals surface area contributed by atoms with Crippen LogP contribution >= 0.6 is 11.8 Å². The van der Waals surface area contributed by atoms with Crippen LogP contribution in [0.1, 0.15) is 31.4 Å². The molecule has 0 aliphatic carbocycles. The average molecular weight is 392 g/mol. The van der Waals surface area contributed by atoms with Gasteiger partial charge in [-0.3, -0.25) is 14.5 Å². The Bertz CT molecular complexity index is 619. The van der Waals surface area contributed by atoms with E-state index in [1.807, 2.05) is 23.6 Å². The summed E-state index contributed by atoms with van der Waals surface area (Å²) >= 11 is 1.68. The predicted octanol–water partition coefficient (Wildman–Crippen LogP) is 2.63. The number of hydrogen-bond donors (Lipinski definition) is 0. The van der Waals surface area contributed by atoms with Crippen molar-refractivity contribution in [3.8, 4) is 0 Å². The molecule has 0 saturated carbocycles. The summed E-state index contributed by atoms with van der Waals surface area (Å²) in [6.45, 7) is 11.3. The molecule has 1 aromatic rings. The minimum Gasteiger partial charge on any atom is -0.342 e. The van der Waals surface area contributed by atoms with E-state index in [2.05, 4.69) is 36.1 Å². The van der Waals surface area contributed by atoms with E-state index in [1.165, 1.54) is 11.1 Å². The van der Waals surface area contributed by atoms with Crippen LogP contribution in [0, 0.1) is 6.92 Å². The Morgan fingerprint density at radius 1 is 1.11 bits per heavy atom. The second-order valence-electron chi connectivity index (χ2n) is 7.06. The van der Waals surface area contributed by atoms with Gasteiger partial charge >= 0.3 is 0 Å². The van der Waals surface area contributed by atoms with Gasteiger partial charge in [-0.2, -0.15) is 0 Å². The van der Waals surface area contributed by atoms with Gasteiger partial charge in [0.15, 0.2) is 0 Å². The molecule has 150 valence electrons. The van der Waals surface area contributed by atoms with E-state index in [-0.39, 0.29) is 11.8 Å². The van der Waals surface area contributed by atoms with Crippen molar-refractivity contribution in [3.63, 3.8) is 0 Å². The first-order chi connectivity index (χ1) is 13.0. The number of hydrogen-bond acceptors (Lipinski definition) is 4. The van der Waals surface area contributed by atoms with Crippen molar-refractivity contribution in [1.82, 2.24) is 14.7 Å². The number of likely N-dealkylation sites (N-methyl/N-ethyl adjacent to an activating group) is 1. The molecule has 0 atom stereocenters. The van der Waals surface area contributed by atoms with Crippen molar-refractivity contribution in [2.45, 2.75) is 32.9 Å². The lowest BCUT2D eigenvalue weighted by Gasteiger charge is -2.25. The summed E-state index contributed by atoms with van der Waals surface area (Å²) in [5.74, 6) is 1.79. The number of rotatable bonds is 8. The first kappa shape index (κ1) is 21.8. The fourth-order valence-corrected chi connectivity index (χ4v) is 4.27. The van der Waals surface area contributed by atoms with Crippen molar-refractivity contribution in [2.24, 2.45) is 0 Å². The maximum Gasteiger partial charge on any atom is 0.236 e. The molecule has 1 fully saturated rings. The molecule has 1 aromatic carbocycles. The monoisotopic (exact) mass is 391 g/mol. The van der Waals surface area contributed by atoms with Crippen LogP contribution in [0.4, 0.5) is 0 Å². The van der Waals surface area contributed by atoms with E-state index in [4.69, 9.17) is 0 Å². The standard InChI is InChI=1S/C21H33N3O2S/c1-4-23(5-2)20(25)15-22-10-7-11-24(13-12-22)21(26)17-27-16-19-9-6-8-18(3)14-19/h6,8-9,14H,4-5,7,10-13,15-17H2,1-3H3. The molecule has 1 heterocycles. The fourth-order valence-electron chi connectivity index (χ4n) is 3.40. The molecule has 5 nitrogen and oxygen atoms in total. The van der Waals surface area contributed by atoms with E-state index in [0.717, 1.165) is 51.4 Å². The van der Waals surface area contributed by atoms with Crippen LogP contribution in [-0.2, 0) is 15.3 Å². The van der Waals surface area contributed by atoms with Gasteiger partial charge in [0.1, 0.15) is 0 Å². The molecular weight excluding hydrogens is 358 g/mol. The summed E-state index contributed by atoms with van der Waals surface area (Å²) in [6.07, 6.45) is 0.930. The lowest BCUT2D eigenvalue weighted by molar-refractivity contribution is -0.132. The van der Waals surface area contributed by atoms with Gasteiger partial charge in [0.05, 0.1) is 12.3 Å². The van der Waals surface area contributed by atoms with Crippen molar-refractivity contribution in [3.05, 3.63) is 35.4 Å². The van der Waals surface area contributed by atoms with Crippen molar-refractivity contribution < 1.29 is 9.59 Å². The Kier molecular flexibility index (Phi) is 9.15. The normalized spacial score (nSPS) is 15.4. The predicted molar refractivity (Wildman–Crippen MR) is 113 cm³/mol. The lowest BCUT2D eigenvalue weighted by Crippen LogP contribution is -2.42. The topological polar surface area (TPSA) is 43.9 Å². The molecular formula is C21H33N3O2S. The highest BCUT2D eigenvalue weighted by molar-refractivity contribution is 7.99. The fraction of sp³-hybridized carbons (Fsp3) is 0.619. The van der Waals surface area contributed by atoms with Crippen LogP contribution in [-0.4, -0.2) is 78.1 Å². The van der Waals surface area contributed by atoms with Crippen molar-refractivity contribution in [1.29, 1.82) is 0 Å². The Morgan fingerprint density at radius 2 is 1.89 bits per heavy atom. The van der Waals surface area contributed by atoms with Crippen LogP contribution in [0.5, 0.6) is 0 Å². The molecule has 1 saturated heterocycles. The quantitative estimate of drug-likeness (QED) is 0.683. The summed E-state index contributed by atoms with van der Waals surface area (Å²) in [5.41, 5.74) is 2.52. The maximum absolute atomic E-state index is 12.5. The highest BCUT2D eigenvalue weighted by Gasteiger charge is 2.21. The van der Waals surface area contributed by atoms with Gasteiger partial charge in [-0.25, -0.2) is 0 Å². The average Bonchev–Trinajstić information content (AvgIpc) is 2.88. The van der Waals surface area contributed by atoms with E-state index in [0.29, 0.717) is 12.3 Å². The molecule has 0 radical (unpaired) electrons. The minimum atomic E-state index is 0.188. The zero-order valence-electron chi connectivity index (χ0n) is 16.9. The smallest absolute Gasteiger partial charge is 0.236 e. The van der Waals surface area contributed by atoms with Gasteiger partial charge in [0, 0.05) is 45.0 Å². The van der Waals surface area contributed by atoms with E-state index in [9.17, 15) is 9.59 Å². The van der Waals surface area contributed by atoms with Gasteiger partial charge < -0.3 is 9.80 Å². The van der Waals surface area contributed by atoms with Crippen molar-refractivity contribution >= 4 is 23.6 Å². The van der Waals surface area contributed by atoms with E-state index >= 15 is 0 Å². The number of amides is 2. The molecule has 0 unspecified atom stereocenters. The Morgan fingerprint density at radius 3 is 2.59 bits per heavy atom. The summed E-state index contributed by atoms with van der Waals surface area (Å²) in [6, 6.07) is 8.44. The second-order valence-corrected chi connectivity index (χ2v) is 8.04. The van der Waals surface area contributed by atoms with Crippen molar-refractivity contribution in [2.75, 3.05) is 51.6 Å². The second kappa shape index (κ2) is 11.3. The molecule has 0 bridgehead atoms. The third-order valence-corrected chi connectivity index (χ3v) is 5.98. The highest BCUT2D eigenvalue weighted by Crippen LogP contribution is 2.15. The van der Waals surface area contributed by atoms with E-state index in [1.54, 1.807) is 11.8 Å². The molecule has 2 amide bonds. The Hall–Kier alpha value is -1.53. The lowest BCUT2D eigenvalue weighted by atomic mass is 10.2. The van der Waals surface area contributed by atoms with Crippen LogP contribution in [0.3, 0.4) is 0 Å². The molecule has 1 aliphatic heterocycles. The zero-order valence-corrected chi connectivity index (χ0v) is 17.8. The summed E-state index contributed by atoms with van der Waals surface area (Å²) in [5, 5.41) is 0. The summed E-state index contributed by atoms with van der Waals surface area (Å²) in [4.78, 5) is 30.9. The first-order valence-electron chi connectivity index (χ1n) is 9.94. The third kappa shape index (κ3) is 7.18. The first-order valence-corrected chi connectivity index (χ1v) is 11.1. The number of benzene rings is 1. The van der Waals surface area contributed by atoms with Gasteiger partial charge in [-0.1, -0.05) is 29.8 Å². The van der Waals surface area contributed by atoms with E-state index < -0.39 is 0 Å². The SMILES string of the molecule is CCN(CC)C(=O)CN1CCCN(C(=O)CSCc2cccc(C)c2)CC1. The van der Waals surface area contributed by atoms with Crippen LogP contribution < -0.4 is 0 Å². The zero-order chi connectivity index (χ0) is 19.6. The van der Waals surface area contributed by atoms with Gasteiger partial charge in [-0.15, -0.1) is 11.8 Å². The van der Waals surface area contributed by atoms with Gasteiger partial charge in [0.25, 0.3) is 0 Å². The number of thioether (sulfide) groups is 1. The highest BCUT2D eigenvalue weighted by atomic mass is 32.2. The Labute approximate surface area is 168 Å². The number of nitrogens with zero attached hydrogens (tertiary/aromatic N) is 3. The Balaban J connectivity index is 1.74. The molecule has 6 heteroatoms.